The summed E-state index contributed by atoms with van der Waals surface area (Å²) in [5, 5.41) is 1.75. The second kappa shape index (κ2) is 8.26. The van der Waals surface area contributed by atoms with Crippen molar-refractivity contribution < 1.29 is 4.74 Å². The number of halogens is 1. The Labute approximate surface area is 177 Å². The first-order valence-electron chi connectivity index (χ1n) is 9.92. The van der Waals surface area contributed by atoms with Gasteiger partial charge >= 0.3 is 0 Å². The third-order valence-corrected chi connectivity index (χ3v) is 5.99. The van der Waals surface area contributed by atoms with Crippen molar-refractivity contribution in [3.05, 3.63) is 89.1 Å². The predicted molar refractivity (Wildman–Crippen MR) is 124 cm³/mol. The van der Waals surface area contributed by atoms with E-state index in [-0.39, 0.29) is 0 Å². The first-order valence-corrected chi connectivity index (χ1v) is 10.3. The summed E-state index contributed by atoms with van der Waals surface area (Å²) < 4.78 is 5.56. The molecule has 0 N–H and O–H groups in total. The molecule has 1 aliphatic rings. The number of benzene rings is 2. The third kappa shape index (κ3) is 3.61. The van der Waals surface area contributed by atoms with Crippen molar-refractivity contribution >= 4 is 39.7 Å². The molecular weight excluding hydrogens is 378 g/mol. The predicted octanol–water partition coefficient (Wildman–Crippen LogP) is 7.44. The van der Waals surface area contributed by atoms with Gasteiger partial charge in [0.05, 0.1) is 12.6 Å². The van der Waals surface area contributed by atoms with Gasteiger partial charge in [-0.05, 0) is 70.9 Å². The molecule has 4 rings (SSSR count). The lowest BCUT2D eigenvalue weighted by Crippen LogP contribution is -2.08. The van der Waals surface area contributed by atoms with Gasteiger partial charge in [0.25, 0.3) is 0 Å². The van der Waals surface area contributed by atoms with Crippen LogP contribution in [0.25, 0.3) is 28.1 Å². The van der Waals surface area contributed by atoms with E-state index in [0.29, 0.717) is 5.92 Å². The molecule has 2 nitrogen and oxygen atoms in total. The minimum Gasteiger partial charge on any atom is -0.496 e. The molecule has 146 valence electrons. The molecule has 29 heavy (non-hydrogen) atoms. The van der Waals surface area contributed by atoms with Crippen molar-refractivity contribution in [1.29, 1.82) is 0 Å². The van der Waals surface area contributed by atoms with Crippen LogP contribution in [0.3, 0.4) is 0 Å². The van der Waals surface area contributed by atoms with Gasteiger partial charge in [-0.2, -0.15) is 0 Å². The Kier molecular flexibility index (Phi) is 5.55. The van der Waals surface area contributed by atoms with Crippen LogP contribution < -0.4 is 4.74 Å². The monoisotopic (exact) mass is 401 g/mol. The maximum absolute atomic E-state index is 6.51. The van der Waals surface area contributed by atoms with Crippen LogP contribution >= 0.6 is 11.6 Å². The Hall–Kier alpha value is -2.84. The Balaban J connectivity index is 1.94. The zero-order valence-corrected chi connectivity index (χ0v) is 17.5. The average molecular weight is 402 g/mol. The van der Waals surface area contributed by atoms with Gasteiger partial charge in [0, 0.05) is 16.6 Å². The van der Waals surface area contributed by atoms with Crippen LogP contribution in [0.4, 0.5) is 0 Å². The minimum absolute atomic E-state index is 0.451. The highest BCUT2D eigenvalue weighted by Gasteiger charge is 2.22. The number of nitrogens with zero attached hydrogens (tertiary/aromatic N) is 1. The summed E-state index contributed by atoms with van der Waals surface area (Å²) in [7, 11) is 1.70. The lowest BCUT2D eigenvalue weighted by molar-refractivity contribution is 0.419. The molecule has 2 aromatic carbocycles. The largest absolute Gasteiger partial charge is 0.496 e. The van der Waals surface area contributed by atoms with E-state index >= 15 is 0 Å². The molecule has 1 aromatic heterocycles. The number of fused-ring (bicyclic) bond motifs is 1. The van der Waals surface area contributed by atoms with Crippen molar-refractivity contribution in [2.75, 3.05) is 7.11 Å². The lowest BCUT2D eigenvalue weighted by atomic mass is 9.79. The molecular formula is C26H24ClNO. The van der Waals surface area contributed by atoms with Crippen molar-refractivity contribution in [3.8, 4) is 5.75 Å². The van der Waals surface area contributed by atoms with Gasteiger partial charge in [0.15, 0.2) is 0 Å². The molecule has 1 unspecified atom stereocenters. The maximum atomic E-state index is 6.51. The topological polar surface area (TPSA) is 22.1 Å². The smallest absolute Gasteiger partial charge is 0.129 e. The van der Waals surface area contributed by atoms with Gasteiger partial charge in [-0.1, -0.05) is 61.5 Å². The van der Waals surface area contributed by atoms with E-state index < -0.39 is 0 Å². The quantitative estimate of drug-likeness (QED) is 0.443. The molecule has 0 aliphatic heterocycles. The van der Waals surface area contributed by atoms with E-state index in [4.69, 9.17) is 16.3 Å². The summed E-state index contributed by atoms with van der Waals surface area (Å²) in [5.41, 5.74) is 6.80. The Morgan fingerprint density at radius 1 is 1.17 bits per heavy atom. The Morgan fingerprint density at radius 2 is 2.00 bits per heavy atom. The molecule has 0 bridgehead atoms. The van der Waals surface area contributed by atoms with Gasteiger partial charge in [0.1, 0.15) is 5.75 Å². The normalized spacial score (nSPS) is 16.3. The maximum Gasteiger partial charge on any atom is 0.129 e. The van der Waals surface area contributed by atoms with Crippen LogP contribution in [0.2, 0.25) is 5.02 Å². The number of allylic oxidation sites excluding steroid dienone is 4. The van der Waals surface area contributed by atoms with Gasteiger partial charge in [-0.15, -0.1) is 0 Å². The highest BCUT2D eigenvalue weighted by atomic mass is 35.5. The molecule has 0 saturated heterocycles. The van der Waals surface area contributed by atoms with Gasteiger partial charge in [-0.25, -0.2) is 0 Å². The van der Waals surface area contributed by atoms with Crippen molar-refractivity contribution in [2.45, 2.75) is 19.8 Å². The summed E-state index contributed by atoms with van der Waals surface area (Å²) in [6.07, 6.45) is 10.2. The molecule has 3 heteroatoms. The number of methoxy groups -OCH3 is 1. The van der Waals surface area contributed by atoms with E-state index in [9.17, 15) is 0 Å². The second-order valence-corrected chi connectivity index (χ2v) is 7.66. The van der Waals surface area contributed by atoms with Gasteiger partial charge in [0.2, 0.25) is 0 Å². The zero-order chi connectivity index (χ0) is 20.4. The van der Waals surface area contributed by atoms with Crippen molar-refractivity contribution in [2.24, 2.45) is 5.92 Å². The molecule has 0 radical (unpaired) electrons. The molecule has 3 aromatic rings. The van der Waals surface area contributed by atoms with E-state index in [0.717, 1.165) is 45.6 Å². The number of aromatic nitrogens is 1. The Morgan fingerprint density at radius 3 is 2.72 bits per heavy atom. The van der Waals surface area contributed by atoms with Crippen LogP contribution in [0.5, 0.6) is 5.75 Å². The van der Waals surface area contributed by atoms with E-state index in [1.807, 2.05) is 12.1 Å². The summed E-state index contributed by atoms with van der Waals surface area (Å²) >= 11 is 6.51. The van der Waals surface area contributed by atoms with Crippen LogP contribution in [0.1, 0.15) is 36.5 Å². The molecule has 1 heterocycles. The second-order valence-electron chi connectivity index (χ2n) is 7.26. The number of ether oxygens (including phenoxy) is 1. The summed E-state index contributed by atoms with van der Waals surface area (Å²) in [6.45, 7) is 6.09. The Bertz CT molecular complexity index is 1140. The van der Waals surface area contributed by atoms with Crippen molar-refractivity contribution in [1.82, 2.24) is 4.98 Å². The van der Waals surface area contributed by atoms with Crippen LogP contribution in [-0.2, 0) is 0 Å². The molecule has 1 atom stereocenters. The lowest BCUT2D eigenvalue weighted by Gasteiger charge is -2.26. The van der Waals surface area contributed by atoms with Crippen molar-refractivity contribution in [3.63, 3.8) is 0 Å². The summed E-state index contributed by atoms with van der Waals surface area (Å²) in [4.78, 5) is 4.47. The summed E-state index contributed by atoms with van der Waals surface area (Å²) in [5.74, 6) is 1.29. The first kappa shape index (κ1) is 19.5. The average Bonchev–Trinajstić information content (AvgIpc) is 2.77. The number of rotatable bonds is 5. The highest BCUT2D eigenvalue weighted by Crippen LogP contribution is 2.42. The molecule has 0 amide bonds. The van der Waals surface area contributed by atoms with Gasteiger partial charge in [-0.3, -0.25) is 4.98 Å². The molecule has 0 fully saturated rings. The zero-order valence-electron chi connectivity index (χ0n) is 16.8. The fourth-order valence-corrected chi connectivity index (χ4v) is 4.38. The fourth-order valence-electron chi connectivity index (χ4n) is 4.12. The van der Waals surface area contributed by atoms with Crippen LogP contribution in [-0.4, -0.2) is 12.1 Å². The van der Waals surface area contributed by atoms with Crippen LogP contribution in [0.15, 0.2) is 67.4 Å². The standard InChI is InChI=1S/C26H24ClNO/c1-4-17-9-10-20(16-23(17)27)26-18(5-2)7-6-8-21(26)19-11-12-24-22(15-19)25(29-3)13-14-28-24/h4,6,8-16,18H,1,5,7H2,2-3H3. The van der Waals surface area contributed by atoms with E-state index in [1.165, 1.54) is 16.7 Å². The number of hydrogen-bond acceptors (Lipinski definition) is 2. The molecule has 0 spiro atoms. The van der Waals surface area contributed by atoms with Crippen LogP contribution in [0, 0.1) is 5.92 Å². The third-order valence-electron chi connectivity index (χ3n) is 5.66. The minimum atomic E-state index is 0.451. The first-order chi connectivity index (χ1) is 14.2. The molecule has 1 aliphatic carbocycles. The van der Waals surface area contributed by atoms with Gasteiger partial charge < -0.3 is 4.74 Å². The summed E-state index contributed by atoms with van der Waals surface area (Å²) in [6, 6.07) is 14.6. The highest BCUT2D eigenvalue weighted by molar-refractivity contribution is 6.32. The fraction of sp³-hybridized carbons (Fsp3) is 0.192. The SMILES string of the molecule is C=Cc1ccc(C2=C(c3ccc4nccc(OC)c4c3)C=CCC2CC)cc1Cl. The van der Waals surface area contributed by atoms with E-state index in [1.54, 1.807) is 19.4 Å². The molecule has 0 saturated carbocycles. The number of pyridine rings is 1. The number of hydrogen-bond donors (Lipinski definition) is 0. The van der Waals surface area contributed by atoms with E-state index in [2.05, 4.69) is 61.0 Å².